The second-order valence-corrected chi connectivity index (χ2v) is 7.44. The Balaban J connectivity index is 1.40. The van der Waals surface area contributed by atoms with Crippen molar-refractivity contribution in [2.45, 2.75) is 39.2 Å². The lowest BCUT2D eigenvalue weighted by molar-refractivity contribution is -0.131. The van der Waals surface area contributed by atoms with Crippen molar-refractivity contribution >= 4 is 11.8 Å². The van der Waals surface area contributed by atoms with Crippen LogP contribution >= 0.6 is 0 Å². The zero-order valence-corrected chi connectivity index (χ0v) is 16.6. The van der Waals surface area contributed by atoms with E-state index in [1.807, 2.05) is 67.3 Å². The Morgan fingerprint density at radius 3 is 2.46 bits per heavy atom. The summed E-state index contributed by atoms with van der Waals surface area (Å²) in [6.07, 6.45) is 1.98. The van der Waals surface area contributed by atoms with E-state index < -0.39 is 0 Å². The number of hydrogen-bond donors (Lipinski definition) is 1. The number of hydrogen-bond acceptors (Lipinski definition) is 3. The summed E-state index contributed by atoms with van der Waals surface area (Å²) in [5, 5.41) is 3.03. The highest BCUT2D eigenvalue weighted by molar-refractivity contribution is 5.79. The summed E-state index contributed by atoms with van der Waals surface area (Å²) in [5.41, 5.74) is 3.23. The molecular weight excluding hydrogens is 352 g/mol. The molecule has 2 aromatic rings. The van der Waals surface area contributed by atoms with Crippen LogP contribution in [0.1, 0.15) is 29.5 Å². The second kappa shape index (κ2) is 9.40. The van der Waals surface area contributed by atoms with E-state index in [2.05, 4.69) is 5.32 Å². The Kier molecular flexibility index (Phi) is 6.69. The van der Waals surface area contributed by atoms with Crippen LogP contribution < -0.4 is 10.1 Å². The number of nitrogens with one attached hydrogen (secondary N) is 1. The molecule has 148 valence electrons. The first kappa shape index (κ1) is 19.9. The molecule has 1 aliphatic rings. The van der Waals surface area contributed by atoms with Crippen LogP contribution in [0.25, 0.3) is 0 Å². The molecule has 1 aliphatic heterocycles. The van der Waals surface area contributed by atoms with Crippen LogP contribution in [0.5, 0.6) is 5.75 Å². The number of carbonyl (C=O) groups excluding carboxylic acids is 2. The van der Waals surface area contributed by atoms with Gasteiger partial charge in [-0.25, -0.2) is 0 Å². The molecule has 5 heteroatoms. The van der Waals surface area contributed by atoms with E-state index in [0.29, 0.717) is 19.5 Å². The molecule has 1 N–H and O–H groups in total. The van der Waals surface area contributed by atoms with Gasteiger partial charge in [0.2, 0.25) is 5.91 Å². The summed E-state index contributed by atoms with van der Waals surface area (Å²) in [7, 11) is 0. The van der Waals surface area contributed by atoms with E-state index in [1.165, 1.54) is 5.56 Å². The number of likely N-dealkylation sites (tertiary alicyclic amines) is 1. The molecule has 1 heterocycles. The number of aryl methyl sites for hydroxylation is 2. The van der Waals surface area contributed by atoms with Crippen LogP contribution in [0.3, 0.4) is 0 Å². The predicted molar refractivity (Wildman–Crippen MR) is 109 cm³/mol. The van der Waals surface area contributed by atoms with Crippen molar-refractivity contribution in [3.05, 3.63) is 65.2 Å². The molecule has 3 rings (SSSR count). The van der Waals surface area contributed by atoms with Crippen molar-refractivity contribution in [3.8, 4) is 5.75 Å². The van der Waals surface area contributed by atoms with Gasteiger partial charge in [0.25, 0.3) is 5.91 Å². The zero-order chi connectivity index (χ0) is 19.9. The lowest BCUT2D eigenvalue weighted by atomic mass is 10.0. The van der Waals surface area contributed by atoms with E-state index in [9.17, 15) is 9.59 Å². The highest BCUT2D eigenvalue weighted by Crippen LogP contribution is 2.18. The van der Waals surface area contributed by atoms with Crippen LogP contribution in [0.4, 0.5) is 0 Å². The molecule has 0 aliphatic carbocycles. The summed E-state index contributed by atoms with van der Waals surface area (Å²) in [5.74, 6) is 0.769. The fourth-order valence-corrected chi connectivity index (χ4v) is 3.53. The standard InChI is InChI=1S/C23H28N2O3/c1-17-8-9-21(18(2)14-17)28-16-22(26)24-20-10-12-25(13-11-20)23(27)15-19-6-4-3-5-7-19/h3-9,14,20H,10-13,15-16H2,1-2H3,(H,24,26). The van der Waals surface area contributed by atoms with Crippen molar-refractivity contribution in [1.29, 1.82) is 0 Å². The minimum absolute atomic E-state index is 0.0110. The van der Waals surface area contributed by atoms with Gasteiger partial charge in [-0.15, -0.1) is 0 Å². The molecule has 0 atom stereocenters. The fraction of sp³-hybridized carbons (Fsp3) is 0.391. The van der Waals surface area contributed by atoms with Crippen molar-refractivity contribution in [2.75, 3.05) is 19.7 Å². The highest BCUT2D eigenvalue weighted by atomic mass is 16.5. The van der Waals surface area contributed by atoms with Crippen molar-refractivity contribution in [2.24, 2.45) is 0 Å². The maximum absolute atomic E-state index is 12.4. The van der Waals surface area contributed by atoms with Crippen molar-refractivity contribution in [1.82, 2.24) is 10.2 Å². The minimum Gasteiger partial charge on any atom is -0.484 e. The fourth-order valence-electron chi connectivity index (χ4n) is 3.53. The predicted octanol–water partition coefficient (Wildman–Crippen LogP) is 3.03. The number of carbonyl (C=O) groups is 2. The van der Waals surface area contributed by atoms with Gasteiger partial charge in [-0.3, -0.25) is 9.59 Å². The maximum atomic E-state index is 12.4. The minimum atomic E-state index is -0.117. The summed E-state index contributed by atoms with van der Waals surface area (Å²) in [6.45, 7) is 5.36. The average Bonchev–Trinajstić information content (AvgIpc) is 2.68. The highest BCUT2D eigenvalue weighted by Gasteiger charge is 2.24. The van der Waals surface area contributed by atoms with Gasteiger partial charge in [-0.1, -0.05) is 48.0 Å². The number of amides is 2. The summed E-state index contributed by atoms with van der Waals surface area (Å²) >= 11 is 0. The summed E-state index contributed by atoms with van der Waals surface area (Å²) in [4.78, 5) is 26.5. The topological polar surface area (TPSA) is 58.6 Å². The van der Waals surface area contributed by atoms with Gasteiger partial charge in [0.15, 0.2) is 6.61 Å². The molecule has 0 bridgehead atoms. The third-order valence-corrected chi connectivity index (χ3v) is 5.10. The van der Waals surface area contributed by atoms with Crippen LogP contribution in [0.2, 0.25) is 0 Å². The maximum Gasteiger partial charge on any atom is 0.258 e. The van der Waals surface area contributed by atoms with Gasteiger partial charge in [0.05, 0.1) is 6.42 Å². The van der Waals surface area contributed by atoms with E-state index in [1.54, 1.807) is 0 Å². The van der Waals surface area contributed by atoms with Crippen LogP contribution in [0.15, 0.2) is 48.5 Å². The SMILES string of the molecule is Cc1ccc(OCC(=O)NC2CCN(C(=O)Cc3ccccc3)CC2)c(C)c1. The first-order valence-corrected chi connectivity index (χ1v) is 9.82. The van der Waals surface area contributed by atoms with Gasteiger partial charge >= 0.3 is 0 Å². The zero-order valence-electron chi connectivity index (χ0n) is 16.6. The number of nitrogens with zero attached hydrogens (tertiary/aromatic N) is 1. The number of ether oxygens (including phenoxy) is 1. The lowest BCUT2D eigenvalue weighted by Crippen LogP contribution is -2.47. The van der Waals surface area contributed by atoms with Crippen LogP contribution in [-0.4, -0.2) is 42.5 Å². The Labute approximate surface area is 166 Å². The van der Waals surface area contributed by atoms with Gasteiger partial charge in [0.1, 0.15) is 5.75 Å². The summed E-state index contributed by atoms with van der Waals surface area (Å²) < 4.78 is 5.64. The molecule has 2 aromatic carbocycles. The molecule has 0 aromatic heterocycles. The van der Waals surface area contributed by atoms with Crippen LogP contribution in [-0.2, 0) is 16.0 Å². The van der Waals surface area contributed by atoms with E-state index in [0.717, 1.165) is 29.7 Å². The Bertz CT molecular complexity index is 812. The molecule has 0 radical (unpaired) electrons. The Morgan fingerprint density at radius 2 is 1.79 bits per heavy atom. The van der Waals surface area contributed by atoms with E-state index >= 15 is 0 Å². The van der Waals surface area contributed by atoms with Gasteiger partial charge in [-0.2, -0.15) is 0 Å². The molecule has 1 fully saturated rings. The number of rotatable bonds is 6. The number of piperidine rings is 1. The second-order valence-electron chi connectivity index (χ2n) is 7.44. The molecule has 0 saturated carbocycles. The first-order valence-electron chi connectivity index (χ1n) is 9.82. The molecule has 28 heavy (non-hydrogen) atoms. The molecule has 0 spiro atoms. The molecular formula is C23H28N2O3. The Hall–Kier alpha value is -2.82. The molecule has 0 unspecified atom stereocenters. The van der Waals surface area contributed by atoms with Crippen molar-refractivity contribution in [3.63, 3.8) is 0 Å². The Morgan fingerprint density at radius 1 is 1.07 bits per heavy atom. The van der Waals surface area contributed by atoms with E-state index in [4.69, 9.17) is 4.74 Å². The lowest BCUT2D eigenvalue weighted by Gasteiger charge is -2.32. The molecule has 2 amide bonds. The van der Waals surface area contributed by atoms with E-state index in [-0.39, 0.29) is 24.5 Å². The van der Waals surface area contributed by atoms with Gasteiger partial charge < -0.3 is 15.0 Å². The van der Waals surface area contributed by atoms with Gasteiger partial charge in [-0.05, 0) is 43.9 Å². The molecule has 5 nitrogen and oxygen atoms in total. The van der Waals surface area contributed by atoms with Gasteiger partial charge in [0, 0.05) is 19.1 Å². The quantitative estimate of drug-likeness (QED) is 0.838. The summed E-state index contributed by atoms with van der Waals surface area (Å²) in [6, 6.07) is 15.8. The van der Waals surface area contributed by atoms with Crippen molar-refractivity contribution < 1.29 is 14.3 Å². The average molecular weight is 380 g/mol. The monoisotopic (exact) mass is 380 g/mol. The van der Waals surface area contributed by atoms with Crippen LogP contribution in [0, 0.1) is 13.8 Å². The molecule has 1 saturated heterocycles. The number of benzene rings is 2. The largest absolute Gasteiger partial charge is 0.484 e. The smallest absolute Gasteiger partial charge is 0.258 e. The normalized spacial score (nSPS) is 14.6. The third kappa shape index (κ3) is 5.59. The first-order chi connectivity index (χ1) is 13.5. The third-order valence-electron chi connectivity index (χ3n) is 5.10.